The number of hydrogen-bond donors (Lipinski definition) is 2. The molecule has 182 valence electrons. The van der Waals surface area contributed by atoms with Gasteiger partial charge in [-0.15, -0.1) is 0 Å². The number of nitrogens with zero attached hydrogens (tertiary/aromatic N) is 3. The highest BCUT2D eigenvalue weighted by molar-refractivity contribution is 5.96. The lowest BCUT2D eigenvalue weighted by Crippen LogP contribution is -2.46. The van der Waals surface area contributed by atoms with Crippen molar-refractivity contribution in [3.8, 4) is 6.07 Å². The average molecular weight is 474 g/mol. The molecule has 8 heteroatoms. The Morgan fingerprint density at radius 3 is 2.51 bits per heavy atom. The van der Waals surface area contributed by atoms with Crippen molar-refractivity contribution in [3.05, 3.63) is 76.4 Å². The number of carbonyl (C=O) groups excluding carboxylic acids is 2. The Morgan fingerprint density at radius 2 is 1.86 bits per heavy atom. The minimum absolute atomic E-state index is 0.0496. The van der Waals surface area contributed by atoms with Gasteiger partial charge in [-0.25, -0.2) is 0 Å². The zero-order chi connectivity index (χ0) is 24.9. The maximum atomic E-state index is 12.9. The highest BCUT2D eigenvalue weighted by Gasteiger charge is 2.25. The summed E-state index contributed by atoms with van der Waals surface area (Å²) in [7, 11) is 0. The number of rotatable bonds is 7. The molecule has 0 saturated carbocycles. The topological polar surface area (TPSA) is 103 Å². The third-order valence-electron chi connectivity index (χ3n) is 6.77. The van der Waals surface area contributed by atoms with E-state index in [1.807, 2.05) is 61.7 Å². The largest absolute Gasteiger partial charge is 0.467 e. The number of likely N-dealkylation sites (tertiary alicyclic amines) is 1. The molecule has 0 unspecified atom stereocenters. The molecule has 0 atom stereocenters. The van der Waals surface area contributed by atoms with E-state index >= 15 is 0 Å². The molecule has 2 N–H and O–H groups in total. The summed E-state index contributed by atoms with van der Waals surface area (Å²) in [6.45, 7) is 7.84. The molecule has 8 nitrogen and oxygen atoms in total. The number of furan rings is 1. The van der Waals surface area contributed by atoms with Crippen LogP contribution in [0.15, 0.2) is 47.1 Å². The molecular weight excluding hydrogens is 442 g/mol. The van der Waals surface area contributed by atoms with Gasteiger partial charge < -0.3 is 19.6 Å². The molecule has 2 aromatic heterocycles. The third-order valence-corrected chi connectivity index (χ3v) is 6.77. The van der Waals surface area contributed by atoms with Gasteiger partial charge in [-0.3, -0.25) is 14.5 Å². The van der Waals surface area contributed by atoms with Crippen molar-refractivity contribution >= 4 is 17.6 Å². The van der Waals surface area contributed by atoms with Crippen LogP contribution in [0.3, 0.4) is 0 Å². The Morgan fingerprint density at radius 1 is 1.11 bits per heavy atom. The fraction of sp³-hybridized carbons (Fsp3) is 0.370. The molecule has 0 aliphatic carbocycles. The van der Waals surface area contributed by atoms with Crippen LogP contribution in [0, 0.1) is 32.1 Å². The van der Waals surface area contributed by atoms with Gasteiger partial charge in [-0.05, 0) is 62.9 Å². The monoisotopic (exact) mass is 473 g/mol. The molecule has 2 amide bonds. The number of amides is 2. The normalized spacial score (nSPS) is 14.5. The van der Waals surface area contributed by atoms with Crippen molar-refractivity contribution < 1.29 is 14.0 Å². The number of aromatic nitrogens is 1. The summed E-state index contributed by atoms with van der Waals surface area (Å²) in [5.41, 5.74) is 3.89. The standard InChI is InChI=1S/C27H31N5O3/c1-18-7-4-5-9-23(18)27(34)29-21-10-12-31(13-11-21)17-25(33)30-26-24(15-28)19(2)20(3)32(26)16-22-8-6-14-35-22/h4-9,14,21H,10-13,16-17H2,1-3H3,(H,29,34)(H,30,33). The van der Waals surface area contributed by atoms with Crippen LogP contribution >= 0.6 is 0 Å². The smallest absolute Gasteiger partial charge is 0.251 e. The van der Waals surface area contributed by atoms with E-state index in [-0.39, 0.29) is 24.4 Å². The molecule has 1 aliphatic heterocycles. The molecule has 3 heterocycles. The first-order chi connectivity index (χ1) is 16.9. The van der Waals surface area contributed by atoms with Gasteiger partial charge in [0.05, 0.1) is 24.9 Å². The van der Waals surface area contributed by atoms with E-state index in [0.29, 0.717) is 36.6 Å². The van der Waals surface area contributed by atoms with E-state index in [1.54, 1.807) is 6.26 Å². The fourth-order valence-corrected chi connectivity index (χ4v) is 4.59. The Kier molecular flexibility index (Phi) is 7.37. The zero-order valence-electron chi connectivity index (χ0n) is 20.4. The number of hydrogen-bond acceptors (Lipinski definition) is 5. The average Bonchev–Trinajstić information content (AvgIpc) is 3.43. The van der Waals surface area contributed by atoms with Crippen LogP contribution in [-0.2, 0) is 11.3 Å². The lowest BCUT2D eigenvalue weighted by atomic mass is 10.0. The molecule has 0 bridgehead atoms. The molecular formula is C27H31N5O3. The summed E-state index contributed by atoms with van der Waals surface area (Å²) < 4.78 is 7.39. The van der Waals surface area contributed by atoms with Crippen LogP contribution in [0.5, 0.6) is 0 Å². The summed E-state index contributed by atoms with van der Waals surface area (Å²) in [5.74, 6) is 1.04. The lowest BCUT2D eigenvalue weighted by Gasteiger charge is -2.32. The van der Waals surface area contributed by atoms with Crippen molar-refractivity contribution in [2.75, 3.05) is 25.0 Å². The van der Waals surface area contributed by atoms with Crippen molar-refractivity contribution in [1.82, 2.24) is 14.8 Å². The number of piperidine rings is 1. The van der Waals surface area contributed by atoms with Crippen LogP contribution in [-0.4, -0.2) is 47.0 Å². The molecule has 35 heavy (non-hydrogen) atoms. The van der Waals surface area contributed by atoms with E-state index in [1.165, 1.54) is 0 Å². The number of benzene rings is 1. The molecule has 3 aromatic rings. The van der Waals surface area contributed by atoms with Crippen LogP contribution in [0.4, 0.5) is 5.82 Å². The number of anilines is 1. The first kappa shape index (κ1) is 24.3. The summed E-state index contributed by atoms with van der Waals surface area (Å²) in [6, 6.07) is 13.6. The van der Waals surface area contributed by atoms with Crippen molar-refractivity contribution in [1.29, 1.82) is 5.26 Å². The van der Waals surface area contributed by atoms with Crippen LogP contribution in [0.2, 0.25) is 0 Å². The predicted molar refractivity (Wildman–Crippen MR) is 133 cm³/mol. The molecule has 1 aliphatic rings. The summed E-state index contributed by atoms with van der Waals surface area (Å²) in [4.78, 5) is 27.6. The Labute approximate surface area is 205 Å². The SMILES string of the molecule is Cc1ccccc1C(=O)NC1CCN(CC(=O)Nc2c(C#N)c(C)c(C)n2Cc2ccco2)CC1. The minimum Gasteiger partial charge on any atom is -0.467 e. The zero-order valence-corrected chi connectivity index (χ0v) is 20.4. The van der Waals surface area contributed by atoms with E-state index < -0.39 is 0 Å². The Hall–Kier alpha value is -3.83. The van der Waals surface area contributed by atoms with Gasteiger partial charge in [0.2, 0.25) is 5.91 Å². The molecule has 1 aromatic carbocycles. The van der Waals surface area contributed by atoms with E-state index in [4.69, 9.17) is 4.42 Å². The molecule has 1 fully saturated rings. The number of aryl methyl sites for hydroxylation is 1. The molecule has 4 rings (SSSR count). The van der Waals surface area contributed by atoms with Gasteiger partial charge in [-0.1, -0.05) is 18.2 Å². The van der Waals surface area contributed by atoms with Crippen LogP contribution in [0.25, 0.3) is 0 Å². The maximum absolute atomic E-state index is 12.9. The maximum Gasteiger partial charge on any atom is 0.251 e. The summed E-state index contributed by atoms with van der Waals surface area (Å²) in [5, 5.41) is 15.8. The summed E-state index contributed by atoms with van der Waals surface area (Å²) >= 11 is 0. The fourth-order valence-electron chi connectivity index (χ4n) is 4.59. The second kappa shape index (κ2) is 10.6. The van der Waals surface area contributed by atoms with E-state index in [9.17, 15) is 14.9 Å². The van der Waals surface area contributed by atoms with Crippen LogP contribution in [0.1, 0.15) is 51.3 Å². The molecule has 1 saturated heterocycles. The second-order valence-corrected chi connectivity index (χ2v) is 9.10. The van der Waals surface area contributed by atoms with Gasteiger partial charge in [0.1, 0.15) is 17.6 Å². The number of nitrogens with one attached hydrogen (secondary N) is 2. The molecule has 0 spiro atoms. The van der Waals surface area contributed by atoms with Crippen molar-refractivity contribution in [2.24, 2.45) is 0 Å². The minimum atomic E-state index is -0.165. The molecule has 0 radical (unpaired) electrons. The third kappa shape index (κ3) is 5.47. The highest BCUT2D eigenvalue weighted by atomic mass is 16.3. The second-order valence-electron chi connectivity index (χ2n) is 9.10. The Bertz CT molecular complexity index is 1240. The van der Waals surface area contributed by atoms with Gasteiger partial charge >= 0.3 is 0 Å². The lowest BCUT2D eigenvalue weighted by molar-refractivity contribution is -0.117. The van der Waals surface area contributed by atoms with Crippen molar-refractivity contribution in [2.45, 2.75) is 46.2 Å². The highest BCUT2D eigenvalue weighted by Crippen LogP contribution is 2.27. The van der Waals surface area contributed by atoms with Gasteiger partial charge in [-0.2, -0.15) is 5.26 Å². The quantitative estimate of drug-likeness (QED) is 0.544. The first-order valence-corrected chi connectivity index (χ1v) is 11.9. The van der Waals surface area contributed by atoms with E-state index in [0.717, 1.165) is 35.4 Å². The number of nitriles is 1. The Balaban J connectivity index is 1.34. The van der Waals surface area contributed by atoms with Gasteiger partial charge in [0.15, 0.2) is 0 Å². The van der Waals surface area contributed by atoms with E-state index in [2.05, 4.69) is 21.6 Å². The summed E-state index contributed by atoms with van der Waals surface area (Å²) in [6.07, 6.45) is 3.17. The van der Waals surface area contributed by atoms with Crippen LogP contribution < -0.4 is 10.6 Å². The number of carbonyl (C=O) groups is 2. The first-order valence-electron chi connectivity index (χ1n) is 11.9. The van der Waals surface area contributed by atoms with Gasteiger partial charge in [0.25, 0.3) is 5.91 Å². The predicted octanol–water partition coefficient (Wildman–Crippen LogP) is 3.76. The van der Waals surface area contributed by atoms with Crippen molar-refractivity contribution in [3.63, 3.8) is 0 Å². The van der Waals surface area contributed by atoms with Gasteiger partial charge in [0, 0.05) is 30.4 Å².